The minimum atomic E-state index is -0.178. The quantitative estimate of drug-likeness (QED) is 0.833. The molecule has 1 atom stereocenters. The molecule has 1 N–H and O–H groups in total. The van der Waals surface area contributed by atoms with Crippen molar-refractivity contribution in [3.05, 3.63) is 46.7 Å². The first-order valence-corrected chi connectivity index (χ1v) is 7.51. The van der Waals surface area contributed by atoms with Gasteiger partial charge in [0.2, 0.25) is 0 Å². The number of halogens is 2. The van der Waals surface area contributed by atoms with Crippen LogP contribution in [0.4, 0.5) is 4.39 Å². The molecule has 1 aliphatic heterocycles. The first-order valence-electron chi connectivity index (χ1n) is 6.72. The molecule has 1 aliphatic rings. The minimum Gasteiger partial charge on any atom is -0.314 e. The summed E-state index contributed by atoms with van der Waals surface area (Å²) in [4.78, 5) is 2.43. The third-order valence-corrected chi connectivity index (χ3v) is 3.96. The fourth-order valence-corrected chi connectivity index (χ4v) is 3.08. The van der Waals surface area contributed by atoms with Crippen LogP contribution >= 0.6 is 15.9 Å². The Morgan fingerprint density at radius 2 is 2.11 bits per heavy atom. The second kappa shape index (κ2) is 7.17. The number of hydrogen-bond donors (Lipinski definition) is 1. The summed E-state index contributed by atoms with van der Waals surface area (Å²) in [7, 11) is 0. The van der Waals surface area contributed by atoms with Crippen molar-refractivity contribution in [1.29, 1.82) is 0 Å². The van der Waals surface area contributed by atoms with Crippen LogP contribution in [-0.4, -0.2) is 31.1 Å². The second-order valence-electron chi connectivity index (χ2n) is 4.87. The van der Waals surface area contributed by atoms with E-state index in [1.165, 1.54) is 6.07 Å². The Hall–Kier alpha value is -0.710. The molecule has 104 valence electrons. The number of piperazine rings is 1. The lowest BCUT2D eigenvalue weighted by atomic mass is 9.99. The molecule has 1 fully saturated rings. The summed E-state index contributed by atoms with van der Waals surface area (Å²) in [6.07, 6.45) is 3.87. The SMILES string of the molecule is C=CCC[C@H](c1cc(F)cc(Br)c1)N1CCNCC1. The summed E-state index contributed by atoms with van der Waals surface area (Å²) in [6.45, 7) is 7.81. The van der Waals surface area contributed by atoms with E-state index < -0.39 is 0 Å². The Morgan fingerprint density at radius 3 is 2.74 bits per heavy atom. The molecule has 0 amide bonds. The van der Waals surface area contributed by atoms with Gasteiger partial charge in [-0.3, -0.25) is 4.90 Å². The maximum Gasteiger partial charge on any atom is 0.124 e. The fraction of sp³-hybridized carbons (Fsp3) is 0.467. The van der Waals surface area contributed by atoms with Crippen LogP contribution in [-0.2, 0) is 0 Å². The van der Waals surface area contributed by atoms with Crippen LogP contribution < -0.4 is 5.32 Å². The van der Waals surface area contributed by atoms with Crippen molar-refractivity contribution in [1.82, 2.24) is 10.2 Å². The highest BCUT2D eigenvalue weighted by atomic mass is 79.9. The van der Waals surface area contributed by atoms with Crippen LogP contribution in [0.25, 0.3) is 0 Å². The van der Waals surface area contributed by atoms with E-state index in [0.29, 0.717) is 0 Å². The Morgan fingerprint density at radius 1 is 1.37 bits per heavy atom. The molecule has 2 rings (SSSR count). The van der Waals surface area contributed by atoms with E-state index in [1.54, 1.807) is 6.07 Å². The highest BCUT2D eigenvalue weighted by Crippen LogP contribution is 2.29. The van der Waals surface area contributed by atoms with Crippen molar-refractivity contribution in [2.24, 2.45) is 0 Å². The minimum absolute atomic E-state index is 0.178. The standard InChI is InChI=1S/C15H20BrFN2/c1-2-3-4-15(19-7-5-18-6-8-19)12-9-13(16)11-14(17)10-12/h2,9-11,15,18H,1,3-8H2/t15-/m1/s1. The van der Waals surface area contributed by atoms with Gasteiger partial charge in [0.05, 0.1) is 0 Å². The molecule has 0 aliphatic carbocycles. The van der Waals surface area contributed by atoms with Crippen molar-refractivity contribution < 1.29 is 4.39 Å². The van der Waals surface area contributed by atoms with Gasteiger partial charge < -0.3 is 5.32 Å². The van der Waals surface area contributed by atoms with Crippen LogP contribution in [0.2, 0.25) is 0 Å². The third-order valence-electron chi connectivity index (χ3n) is 3.51. The number of rotatable bonds is 5. The van der Waals surface area contributed by atoms with Gasteiger partial charge in [-0.15, -0.1) is 6.58 Å². The summed E-state index contributed by atoms with van der Waals surface area (Å²) >= 11 is 3.38. The summed E-state index contributed by atoms with van der Waals surface area (Å²) in [6, 6.07) is 5.46. The summed E-state index contributed by atoms with van der Waals surface area (Å²) < 4.78 is 14.4. The molecule has 19 heavy (non-hydrogen) atoms. The van der Waals surface area contributed by atoms with Gasteiger partial charge in [0.15, 0.2) is 0 Å². The molecule has 0 radical (unpaired) electrons. The number of nitrogens with zero attached hydrogens (tertiary/aromatic N) is 1. The molecule has 2 nitrogen and oxygen atoms in total. The second-order valence-corrected chi connectivity index (χ2v) is 5.79. The van der Waals surface area contributed by atoms with E-state index in [9.17, 15) is 4.39 Å². The molecule has 1 aromatic rings. The largest absolute Gasteiger partial charge is 0.314 e. The molecule has 0 aromatic heterocycles. The van der Waals surface area contributed by atoms with Crippen LogP contribution in [0, 0.1) is 5.82 Å². The number of allylic oxidation sites excluding steroid dienone is 1. The number of nitrogens with one attached hydrogen (secondary N) is 1. The van der Waals surface area contributed by atoms with Crippen LogP contribution in [0.3, 0.4) is 0 Å². The van der Waals surface area contributed by atoms with Crippen molar-refractivity contribution in [3.8, 4) is 0 Å². The van der Waals surface area contributed by atoms with Crippen molar-refractivity contribution in [2.75, 3.05) is 26.2 Å². The molecule has 0 unspecified atom stereocenters. The highest BCUT2D eigenvalue weighted by Gasteiger charge is 2.22. The normalized spacial score (nSPS) is 18.2. The van der Waals surface area contributed by atoms with Gasteiger partial charge >= 0.3 is 0 Å². The van der Waals surface area contributed by atoms with E-state index in [1.807, 2.05) is 12.1 Å². The molecular formula is C15H20BrFN2. The van der Waals surface area contributed by atoms with Crippen LogP contribution in [0.5, 0.6) is 0 Å². The summed E-state index contributed by atoms with van der Waals surface area (Å²) in [5.74, 6) is -0.178. The van der Waals surface area contributed by atoms with Crippen molar-refractivity contribution in [2.45, 2.75) is 18.9 Å². The lowest BCUT2D eigenvalue weighted by molar-refractivity contribution is 0.166. The zero-order valence-electron chi connectivity index (χ0n) is 11.0. The highest BCUT2D eigenvalue weighted by molar-refractivity contribution is 9.10. The lowest BCUT2D eigenvalue weighted by Gasteiger charge is -2.35. The average Bonchev–Trinajstić information content (AvgIpc) is 2.39. The number of hydrogen-bond acceptors (Lipinski definition) is 2. The molecule has 0 spiro atoms. The molecule has 1 aromatic carbocycles. The van der Waals surface area contributed by atoms with E-state index in [0.717, 1.165) is 49.1 Å². The van der Waals surface area contributed by atoms with Crippen LogP contribution in [0.1, 0.15) is 24.4 Å². The van der Waals surface area contributed by atoms with Gasteiger partial charge in [-0.1, -0.05) is 22.0 Å². The lowest BCUT2D eigenvalue weighted by Crippen LogP contribution is -2.45. The van der Waals surface area contributed by atoms with E-state index in [4.69, 9.17) is 0 Å². The maximum atomic E-state index is 13.6. The Balaban J connectivity index is 2.21. The molecule has 0 saturated carbocycles. The topological polar surface area (TPSA) is 15.3 Å². The predicted octanol–water partition coefficient (Wildman–Crippen LogP) is 3.50. The first kappa shape index (κ1) is 14.7. The zero-order chi connectivity index (χ0) is 13.7. The monoisotopic (exact) mass is 326 g/mol. The third kappa shape index (κ3) is 4.13. The molecule has 4 heteroatoms. The zero-order valence-corrected chi connectivity index (χ0v) is 12.6. The summed E-state index contributed by atoms with van der Waals surface area (Å²) in [5, 5.41) is 3.35. The van der Waals surface area contributed by atoms with E-state index in [-0.39, 0.29) is 11.9 Å². The smallest absolute Gasteiger partial charge is 0.124 e. The Kier molecular flexibility index (Phi) is 5.55. The van der Waals surface area contributed by atoms with Gasteiger partial charge in [0, 0.05) is 36.7 Å². The number of benzene rings is 1. The summed E-state index contributed by atoms with van der Waals surface area (Å²) in [5.41, 5.74) is 1.05. The van der Waals surface area contributed by atoms with Crippen molar-refractivity contribution in [3.63, 3.8) is 0 Å². The van der Waals surface area contributed by atoms with Gasteiger partial charge in [0.25, 0.3) is 0 Å². The van der Waals surface area contributed by atoms with E-state index in [2.05, 4.69) is 32.7 Å². The first-order chi connectivity index (χ1) is 9.20. The average molecular weight is 327 g/mol. The van der Waals surface area contributed by atoms with Gasteiger partial charge in [-0.05, 0) is 36.6 Å². The van der Waals surface area contributed by atoms with E-state index >= 15 is 0 Å². The Bertz CT molecular complexity index is 410. The van der Waals surface area contributed by atoms with Crippen molar-refractivity contribution >= 4 is 15.9 Å². The maximum absolute atomic E-state index is 13.6. The van der Waals surface area contributed by atoms with Gasteiger partial charge in [0.1, 0.15) is 5.82 Å². The molecule has 1 saturated heterocycles. The fourth-order valence-electron chi connectivity index (χ4n) is 2.60. The van der Waals surface area contributed by atoms with Crippen LogP contribution in [0.15, 0.2) is 35.3 Å². The predicted molar refractivity (Wildman–Crippen MR) is 80.7 cm³/mol. The van der Waals surface area contributed by atoms with Gasteiger partial charge in [-0.25, -0.2) is 4.39 Å². The molecule has 1 heterocycles. The Labute approximate surface area is 122 Å². The molecule has 0 bridgehead atoms. The molecular weight excluding hydrogens is 307 g/mol. The van der Waals surface area contributed by atoms with Gasteiger partial charge in [-0.2, -0.15) is 0 Å².